The van der Waals surface area contributed by atoms with Crippen molar-refractivity contribution in [2.45, 2.75) is 13.0 Å². The second-order valence-electron chi connectivity index (χ2n) is 5.76. The van der Waals surface area contributed by atoms with E-state index in [0.29, 0.717) is 18.1 Å². The fourth-order valence-corrected chi connectivity index (χ4v) is 2.17. The molecule has 0 saturated heterocycles. The van der Waals surface area contributed by atoms with E-state index in [0.717, 1.165) is 5.75 Å². The molecule has 0 radical (unpaired) electrons. The molecule has 27 heavy (non-hydrogen) atoms. The van der Waals surface area contributed by atoms with Crippen LogP contribution in [-0.4, -0.2) is 44.8 Å². The van der Waals surface area contributed by atoms with Gasteiger partial charge in [-0.2, -0.15) is 0 Å². The second kappa shape index (κ2) is 10.8. The SMILES string of the molecule is COCC(C)NC(=O)COC(=O)COc1ccc(Oc2ccccc2)cc1. The number of amides is 1. The molecule has 2 aromatic rings. The Morgan fingerprint density at radius 1 is 0.926 bits per heavy atom. The van der Waals surface area contributed by atoms with Crippen LogP contribution in [-0.2, 0) is 19.1 Å². The Kier molecular flexibility index (Phi) is 8.12. The maximum Gasteiger partial charge on any atom is 0.344 e. The van der Waals surface area contributed by atoms with Crippen LogP contribution in [0.2, 0.25) is 0 Å². The normalized spacial score (nSPS) is 11.3. The van der Waals surface area contributed by atoms with Gasteiger partial charge in [-0.25, -0.2) is 4.79 Å². The average molecular weight is 373 g/mol. The minimum atomic E-state index is -0.630. The third-order valence-corrected chi connectivity index (χ3v) is 3.35. The number of nitrogens with one attached hydrogen (secondary N) is 1. The topological polar surface area (TPSA) is 83.1 Å². The Balaban J connectivity index is 1.69. The van der Waals surface area contributed by atoms with E-state index in [1.165, 1.54) is 0 Å². The molecule has 0 aromatic heterocycles. The van der Waals surface area contributed by atoms with Crippen LogP contribution in [0.15, 0.2) is 54.6 Å². The van der Waals surface area contributed by atoms with Crippen molar-refractivity contribution in [1.29, 1.82) is 0 Å². The Morgan fingerprint density at radius 3 is 2.22 bits per heavy atom. The third-order valence-electron chi connectivity index (χ3n) is 3.35. The molecule has 2 aromatic carbocycles. The molecule has 0 saturated carbocycles. The molecule has 7 nitrogen and oxygen atoms in total. The van der Waals surface area contributed by atoms with Crippen LogP contribution in [0.1, 0.15) is 6.92 Å². The zero-order valence-electron chi connectivity index (χ0n) is 15.3. The molecule has 7 heteroatoms. The van der Waals surface area contributed by atoms with E-state index in [1.807, 2.05) is 30.3 Å². The fraction of sp³-hybridized carbons (Fsp3) is 0.300. The van der Waals surface area contributed by atoms with Crippen molar-refractivity contribution in [3.63, 3.8) is 0 Å². The standard InChI is InChI=1S/C20H23NO6/c1-15(12-24-2)21-19(22)13-26-20(23)14-25-16-8-10-18(11-9-16)27-17-6-4-3-5-7-17/h3-11,15H,12-14H2,1-2H3,(H,21,22). The van der Waals surface area contributed by atoms with Crippen LogP contribution >= 0.6 is 0 Å². The predicted molar refractivity (Wildman–Crippen MR) is 98.9 cm³/mol. The van der Waals surface area contributed by atoms with E-state index in [4.69, 9.17) is 18.9 Å². The van der Waals surface area contributed by atoms with Crippen molar-refractivity contribution >= 4 is 11.9 Å². The molecular formula is C20H23NO6. The van der Waals surface area contributed by atoms with Gasteiger partial charge in [-0.05, 0) is 43.3 Å². The molecule has 0 fully saturated rings. The molecule has 0 heterocycles. The summed E-state index contributed by atoms with van der Waals surface area (Å²) in [6.45, 7) is 1.52. The molecule has 0 spiro atoms. The Bertz CT molecular complexity index is 717. The molecule has 0 aliphatic heterocycles. The highest BCUT2D eigenvalue weighted by Gasteiger charge is 2.11. The summed E-state index contributed by atoms with van der Waals surface area (Å²) < 4.78 is 20.8. The van der Waals surface area contributed by atoms with Crippen LogP contribution in [0, 0.1) is 0 Å². The number of carbonyl (C=O) groups is 2. The van der Waals surface area contributed by atoms with Crippen LogP contribution in [0.25, 0.3) is 0 Å². The lowest BCUT2D eigenvalue weighted by Crippen LogP contribution is -2.38. The lowest BCUT2D eigenvalue weighted by atomic mass is 10.3. The zero-order chi connectivity index (χ0) is 19.5. The van der Waals surface area contributed by atoms with Gasteiger partial charge in [0.25, 0.3) is 5.91 Å². The first-order valence-corrected chi connectivity index (χ1v) is 8.46. The number of para-hydroxylation sites is 1. The summed E-state index contributed by atoms with van der Waals surface area (Å²) in [4.78, 5) is 23.3. The van der Waals surface area contributed by atoms with Gasteiger partial charge in [0.1, 0.15) is 17.2 Å². The Morgan fingerprint density at radius 2 is 1.56 bits per heavy atom. The van der Waals surface area contributed by atoms with Gasteiger partial charge >= 0.3 is 5.97 Å². The predicted octanol–water partition coefficient (Wildman–Crippen LogP) is 2.55. The average Bonchev–Trinajstić information content (AvgIpc) is 2.67. The first-order chi connectivity index (χ1) is 13.1. The smallest absolute Gasteiger partial charge is 0.344 e. The largest absolute Gasteiger partial charge is 0.482 e. The Hall–Kier alpha value is -3.06. The highest BCUT2D eigenvalue weighted by atomic mass is 16.6. The number of hydrogen-bond donors (Lipinski definition) is 1. The third kappa shape index (κ3) is 7.79. The molecule has 0 aliphatic rings. The van der Waals surface area contributed by atoms with E-state index in [2.05, 4.69) is 5.32 Å². The second-order valence-corrected chi connectivity index (χ2v) is 5.76. The van der Waals surface area contributed by atoms with Gasteiger partial charge in [-0.3, -0.25) is 4.79 Å². The van der Waals surface area contributed by atoms with E-state index >= 15 is 0 Å². The molecular weight excluding hydrogens is 350 g/mol. The molecule has 0 aliphatic carbocycles. The molecule has 144 valence electrons. The minimum absolute atomic E-state index is 0.158. The summed E-state index contributed by atoms with van der Waals surface area (Å²) in [6, 6.07) is 16.1. The number of benzene rings is 2. The van der Waals surface area contributed by atoms with Gasteiger partial charge in [0, 0.05) is 13.2 Å². The number of esters is 1. The van der Waals surface area contributed by atoms with Crippen LogP contribution in [0.5, 0.6) is 17.2 Å². The summed E-state index contributed by atoms with van der Waals surface area (Å²) in [7, 11) is 1.54. The Labute approximate surface area is 158 Å². The van der Waals surface area contributed by atoms with Crippen molar-refractivity contribution < 1.29 is 28.5 Å². The summed E-state index contributed by atoms with van der Waals surface area (Å²) in [6.07, 6.45) is 0. The van der Waals surface area contributed by atoms with Crippen molar-refractivity contribution in [2.75, 3.05) is 26.9 Å². The van der Waals surface area contributed by atoms with Crippen LogP contribution < -0.4 is 14.8 Å². The fourth-order valence-electron chi connectivity index (χ4n) is 2.17. The number of ether oxygens (including phenoxy) is 4. The van der Waals surface area contributed by atoms with E-state index in [9.17, 15) is 9.59 Å². The van der Waals surface area contributed by atoms with Gasteiger partial charge in [0.15, 0.2) is 13.2 Å². The van der Waals surface area contributed by atoms with Crippen molar-refractivity contribution in [3.05, 3.63) is 54.6 Å². The molecule has 1 atom stereocenters. The number of hydrogen-bond acceptors (Lipinski definition) is 6. The molecule has 1 unspecified atom stereocenters. The number of carbonyl (C=O) groups excluding carboxylic acids is 2. The highest BCUT2D eigenvalue weighted by molar-refractivity contribution is 5.81. The van der Waals surface area contributed by atoms with Crippen molar-refractivity contribution in [3.8, 4) is 17.2 Å². The van der Waals surface area contributed by atoms with Crippen LogP contribution in [0.4, 0.5) is 0 Å². The number of rotatable bonds is 10. The first kappa shape index (κ1) is 20.3. The minimum Gasteiger partial charge on any atom is -0.482 e. The molecule has 0 bridgehead atoms. The van der Waals surface area contributed by atoms with Crippen LogP contribution in [0.3, 0.4) is 0 Å². The molecule has 1 amide bonds. The summed E-state index contributed by atoms with van der Waals surface area (Å²) in [5.74, 6) is 0.848. The summed E-state index contributed by atoms with van der Waals surface area (Å²) in [5.41, 5.74) is 0. The van der Waals surface area contributed by atoms with Gasteiger partial charge < -0.3 is 24.3 Å². The van der Waals surface area contributed by atoms with Gasteiger partial charge in [0.05, 0.1) is 6.61 Å². The maximum atomic E-state index is 11.7. The van der Waals surface area contributed by atoms with Gasteiger partial charge in [-0.15, -0.1) is 0 Å². The van der Waals surface area contributed by atoms with E-state index in [1.54, 1.807) is 38.3 Å². The van der Waals surface area contributed by atoms with Crippen molar-refractivity contribution in [2.24, 2.45) is 0 Å². The number of methoxy groups -OCH3 is 1. The monoisotopic (exact) mass is 373 g/mol. The lowest BCUT2D eigenvalue weighted by Gasteiger charge is -2.13. The van der Waals surface area contributed by atoms with Gasteiger partial charge in [-0.1, -0.05) is 18.2 Å². The molecule has 2 rings (SSSR count). The first-order valence-electron chi connectivity index (χ1n) is 8.46. The summed E-state index contributed by atoms with van der Waals surface area (Å²) in [5, 5.41) is 2.64. The maximum absolute atomic E-state index is 11.7. The highest BCUT2D eigenvalue weighted by Crippen LogP contribution is 2.23. The lowest BCUT2D eigenvalue weighted by molar-refractivity contribution is -0.150. The quantitative estimate of drug-likeness (QED) is 0.645. The van der Waals surface area contributed by atoms with Gasteiger partial charge in [0.2, 0.25) is 0 Å². The molecule has 1 N–H and O–H groups in total. The van der Waals surface area contributed by atoms with E-state index < -0.39 is 11.9 Å². The van der Waals surface area contributed by atoms with Crippen molar-refractivity contribution in [1.82, 2.24) is 5.32 Å². The van der Waals surface area contributed by atoms with E-state index in [-0.39, 0.29) is 19.3 Å². The summed E-state index contributed by atoms with van der Waals surface area (Å²) >= 11 is 0. The zero-order valence-corrected chi connectivity index (χ0v) is 15.3.